The molecule has 3 aromatic rings. The van der Waals surface area contributed by atoms with Crippen molar-refractivity contribution in [1.82, 2.24) is 9.78 Å². The van der Waals surface area contributed by atoms with Crippen molar-refractivity contribution in [2.24, 2.45) is 0 Å². The van der Waals surface area contributed by atoms with Crippen LogP contribution >= 0.6 is 0 Å². The summed E-state index contributed by atoms with van der Waals surface area (Å²) < 4.78 is 14.9. The average molecular weight is 325 g/mol. The minimum Gasteiger partial charge on any atom is -0.326 e. The lowest BCUT2D eigenvalue weighted by Crippen LogP contribution is -2.18. The molecule has 1 aromatic heterocycles. The SMILES string of the molecule is Cc1ccc(F)cc1NC(=O)CCn1ncc(=O)c2ccccc21. The maximum absolute atomic E-state index is 13.3. The maximum atomic E-state index is 13.3. The summed E-state index contributed by atoms with van der Waals surface area (Å²) in [6, 6.07) is 11.4. The Balaban J connectivity index is 1.74. The molecule has 0 aliphatic carbocycles. The summed E-state index contributed by atoms with van der Waals surface area (Å²) in [6.45, 7) is 2.12. The summed E-state index contributed by atoms with van der Waals surface area (Å²) in [4.78, 5) is 23.9. The quantitative estimate of drug-likeness (QED) is 0.802. The molecule has 1 N–H and O–H groups in total. The van der Waals surface area contributed by atoms with Gasteiger partial charge in [-0.3, -0.25) is 14.3 Å². The molecule has 122 valence electrons. The van der Waals surface area contributed by atoms with E-state index in [-0.39, 0.29) is 17.8 Å². The normalized spacial score (nSPS) is 10.8. The first-order valence-corrected chi connectivity index (χ1v) is 7.55. The number of amides is 1. The first kappa shape index (κ1) is 15.9. The van der Waals surface area contributed by atoms with Crippen molar-refractivity contribution in [3.8, 4) is 0 Å². The van der Waals surface area contributed by atoms with Gasteiger partial charge in [-0.05, 0) is 36.8 Å². The number of halogens is 1. The van der Waals surface area contributed by atoms with Gasteiger partial charge < -0.3 is 5.32 Å². The second kappa shape index (κ2) is 6.62. The van der Waals surface area contributed by atoms with Gasteiger partial charge in [-0.2, -0.15) is 5.10 Å². The number of carbonyl (C=O) groups excluding carboxylic acids is 1. The molecule has 1 heterocycles. The fraction of sp³-hybridized carbons (Fsp3) is 0.167. The first-order chi connectivity index (χ1) is 11.5. The van der Waals surface area contributed by atoms with E-state index in [2.05, 4.69) is 10.4 Å². The Hall–Kier alpha value is -3.02. The van der Waals surface area contributed by atoms with Crippen LogP contribution in [-0.4, -0.2) is 15.7 Å². The molecule has 0 atom stereocenters. The van der Waals surface area contributed by atoms with Crippen molar-refractivity contribution in [1.29, 1.82) is 0 Å². The van der Waals surface area contributed by atoms with Crippen LogP contribution in [0, 0.1) is 12.7 Å². The van der Waals surface area contributed by atoms with Gasteiger partial charge in [-0.15, -0.1) is 0 Å². The molecule has 0 aliphatic rings. The number of benzene rings is 2. The molecule has 3 rings (SSSR count). The number of fused-ring (bicyclic) bond motifs is 1. The predicted molar refractivity (Wildman–Crippen MR) is 90.4 cm³/mol. The van der Waals surface area contributed by atoms with Gasteiger partial charge in [0.05, 0.1) is 18.3 Å². The number of hydrogen-bond donors (Lipinski definition) is 1. The molecule has 5 nitrogen and oxygen atoms in total. The lowest BCUT2D eigenvalue weighted by Gasteiger charge is -2.11. The summed E-state index contributed by atoms with van der Waals surface area (Å²) >= 11 is 0. The third-order valence-electron chi connectivity index (χ3n) is 3.79. The molecule has 0 bridgehead atoms. The second-order valence-corrected chi connectivity index (χ2v) is 5.51. The van der Waals surface area contributed by atoms with Crippen molar-refractivity contribution >= 4 is 22.5 Å². The summed E-state index contributed by atoms with van der Waals surface area (Å²) in [7, 11) is 0. The fourth-order valence-electron chi connectivity index (χ4n) is 2.49. The summed E-state index contributed by atoms with van der Waals surface area (Å²) in [6.07, 6.45) is 1.41. The number of nitrogens with one attached hydrogen (secondary N) is 1. The molecule has 0 saturated carbocycles. The lowest BCUT2D eigenvalue weighted by atomic mass is 10.2. The molecule has 2 aromatic carbocycles. The topological polar surface area (TPSA) is 64.0 Å². The van der Waals surface area contributed by atoms with Crippen LogP contribution in [0.2, 0.25) is 0 Å². The predicted octanol–water partition coefficient (Wildman–Crippen LogP) is 2.87. The van der Waals surface area contributed by atoms with E-state index in [4.69, 9.17) is 0 Å². The Morgan fingerprint density at radius 1 is 1.25 bits per heavy atom. The van der Waals surface area contributed by atoms with E-state index in [9.17, 15) is 14.0 Å². The Kier molecular flexibility index (Phi) is 4.37. The number of anilines is 1. The standard InChI is InChI=1S/C18H16FN3O2/c1-12-6-7-13(19)10-15(12)21-18(24)8-9-22-16-5-3-2-4-14(16)17(23)11-20-22/h2-7,10-11H,8-9H2,1H3,(H,21,24). The Morgan fingerprint density at radius 2 is 2.04 bits per heavy atom. The van der Waals surface area contributed by atoms with Crippen molar-refractivity contribution < 1.29 is 9.18 Å². The molecular weight excluding hydrogens is 309 g/mol. The molecule has 0 spiro atoms. The van der Waals surface area contributed by atoms with Crippen LogP contribution in [0.3, 0.4) is 0 Å². The highest BCUT2D eigenvalue weighted by molar-refractivity contribution is 5.91. The molecule has 0 aliphatic heterocycles. The van der Waals surface area contributed by atoms with Gasteiger partial charge in [0.2, 0.25) is 11.3 Å². The molecular formula is C18H16FN3O2. The van der Waals surface area contributed by atoms with Gasteiger partial charge in [0, 0.05) is 17.5 Å². The minimum atomic E-state index is -0.399. The minimum absolute atomic E-state index is 0.151. The highest BCUT2D eigenvalue weighted by Crippen LogP contribution is 2.16. The summed E-state index contributed by atoms with van der Waals surface area (Å²) in [5.41, 5.74) is 1.77. The highest BCUT2D eigenvalue weighted by atomic mass is 19.1. The number of rotatable bonds is 4. The number of nitrogens with zero attached hydrogens (tertiary/aromatic N) is 2. The van der Waals surface area contributed by atoms with E-state index >= 15 is 0 Å². The monoisotopic (exact) mass is 325 g/mol. The van der Waals surface area contributed by atoms with Gasteiger partial charge in [0.15, 0.2) is 0 Å². The average Bonchev–Trinajstić information content (AvgIpc) is 2.58. The second-order valence-electron chi connectivity index (χ2n) is 5.51. The number of hydrogen-bond acceptors (Lipinski definition) is 3. The van der Waals surface area contributed by atoms with E-state index in [1.807, 2.05) is 6.07 Å². The fourth-order valence-corrected chi connectivity index (χ4v) is 2.49. The largest absolute Gasteiger partial charge is 0.326 e. The van der Waals surface area contributed by atoms with E-state index in [1.165, 1.54) is 18.3 Å². The van der Waals surface area contributed by atoms with Crippen molar-refractivity contribution in [2.75, 3.05) is 5.32 Å². The number of para-hydroxylation sites is 1. The molecule has 0 fully saturated rings. The zero-order valence-corrected chi connectivity index (χ0v) is 13.1. The van der Waals surface area contributed by atoms with Crippen LogP contribution < -0.4 is 10.7 Å². The van der Waals surface area contributed by atoms with E-state index < -0.39 is 5.82 Å². The van der Waals surface area contributed by atoms with Crippen LogP contribution in [0.4, 0.5) is 10.1 Å². The lowest BCUT2D eigenvalue weighted by molar-refractivity contribution is -0.116. The van der Waals surface area contributed by atoms with E-state index in [1.54, 1.807) is 35.9 Å². The zero-order valence-electron chi connectivity index (χ0n) is 13.1. The smallest absolute Gasteiger partial charge is 0.226 e. The van der Waals surface area contributed by atoms with Crippen molar-refractivity contribution in [2.45, 2.75) is 19.9 Å². The maximum Gasteiger partial charge on any atom is 0.226 e. The third kappa shape index (κ3) is 3.32. The van der Waals surface area contributed by atoms with E-state index in [0.717, 1.165) is 5.56 Å². The Morgan fingerprint density at radius 3 is 2.88 bits per heavy atom. The molecule has 24 heavy (non-hydrogen) atoms. The van der Waals surface area contributed by atoms with Gasteiger partial charge in [-0.25, -0.2) is 4.39 Å². The van der Waals surface area contributed by atoms with Gasteiger partial charge in [0.1, 0.15) is 5.82 Å². The van der Waals surface area contributed by atoms with Crippen LogP contribution in [0.25, 0.3) is 10.9 Å². The van der Waals surface area contributed by atoms with Crippen LogP contribution in [0.5, 0.6) is 0 Å². The van der Waals surface area contributed by atoms with Crippen LogP contribution in [-0.2, 0) is 11.3 Å². The van der Waals surface area contributed by atoms with Crippen molar-refractivity contribution in [3.05, 3.63) is 70.3 Å². The van der Waals surface area contributed by atoms with Crippen LogP contribution in [0.1, 0.15) is 12.0 Å². The molecule has 0 saturated heterocycles. The third-order valence-corrected chi connectivity index (χ3v) is 3.79. The number of aromatic nitrogens is 2. The van der Waals surface area contributed by atoms with Gasteiger partial charge >= 0.3 is 0 Å². The first-order valence-electron chi connectivity index (χ1n) is 7.55. The molecule has 0 unspecified atom stereocenters. The van der Waals surface area contributed by atoms with E-state index in [0.29, 0.717) is 23.1 Å². The van der Waals surface area contributed by atoms with Crippen LogP contribution in [0.15, 0.2) is 53.5 Å². The Bertz CT molecular complexity index is 966. The van der Waals surface area contributed by atoms with Crippen molar-refractivity contribution in [3.63, 3.8) is 0 Å². The summed E-state index contributed by atoms with van der Waals surface area (Å²) in [5, 5.41) is 7.34. The zero-order chi connectivity index (χ0) is 17.1. The molecule has 0 radical (unpaired) electrons. The molecule has 6 heteroatoms. The number of carbonyl (C=O) groups is 1. The summed E-state index contributed by atoms with van der Waals surface area (Å²) in [5.74, 6) is -0.641. The van der Waals surface area contributed by atoms with Gasteiger partial charge in [0.25, 0.3) is 0 Å². The highest BCUT2D eigenvalue weighted by Gasteiger charge is 2.08. The molecule has 1 amide bonds. The Labute approximate surface area is 137 Å². The number of aryl methyl sites for hydroxylation is 2. The van der Waals surface area contributed by atoms with Gasteiger partial charge in [-0.1, -0.05) is 18.2 Å².